The number of carbonyl (C=O) groups excluding carboxylic acids is 2. The molecule has 1 aliphatic heterocycles. The fourth-order valence-electron chi connectivity index (χ4n) is 5.58. The van der Waals surface area contributed by atoms with Gasteiger partial charge in [0.1, 0.15) is 11.6 Å². The van der Waals surface area contributed by atoms with Gasteiger partial charge in [0, 0.05) is 37.9 Å². The summed E-state index contributed by atoms with van der Waals surface area (Å²) in [5, 5.41) is 3.01. The summed E-state index contributed by atoms with van der Waals surface area (Å²) < 4.78 is 27.0. The predicted molar refractivity (Wildman–Crippen MR) is 137 cm³/mol. The summed E-state index contributed by atoms with van der Waals surface area (Å²) in [4.78, 5) is 27.8. The van der Waals surface area contributed by atoms with Crippen molar-refractivity contribution in [2.45, 2.75) is 64.2 Å². The highest BCUT2D eigenvalue weighted by molar-refractivity contribution is 5.78. The van der Waals surface area contributed by atoms with Crippen LogP contribution in [0.5, 0.6) is 0 Å². The summed E-state index contributed by atoms with van der Waals surface area (Å²) in [6.07, 6.45) is 10.1. The largest absolute Gasteiger partial charge is 0.356 e. The Morgan fingerprint density at radius 1 is 0.944 bits per heavy atom. The molecule has 1 aliphatic carbocycles. The van der Waals surface area contributed by atoms with E-state index < -0.39 is 0 Å². The molecule has 0 unspecified atom stereocenters. The number of carbonyl (C=O) groups is 2. The molecule has 192 valence electrons. The second kappa shape index (κ2) is 12.3. The molecular weight excluding hydrogens is 458 g/mol. The summed E-state index contributed by atoms with van der Waals surface area (Å²) in [6, 6.07) is 13.0. The molecule has 0 bridgehead atoms. The minimum atomic E-state index is -0.272. The quantitative estimate of drug-likeness (QED) is 0.451. The third kappa shape index (κ3) is 6.80. The number of amides is 2. The molecule has 2 aliphatic rings. The summed E-state index contributed by atoms with van der Waals surface area (Å²) >= 11 is 0. The summed E-state index contributed by atoms with van der Waals surface area (Å²) in [5.74, 6) is -0.411. The topological polar surface area (TPSA) is 49.4 Å². The van der Waals surface area contributed by atoms with Crippen molar-refractivity contribution in [3.05, 3.63) is 82.9 Å². The zero-order chi connectivity index (χ0) is 25.4. The molecule has 0 saturated carbocycles. The molecule has 2 amide bonds. The van der Waals surface area contributed by atoms with E-state index in [1.54, 1.807) is 30.3 Å². The third-order valence-corrected chi connectivity index (χ3v) is 7.76. The third-order valence-electron chi connectivity index (χ3n) is 7.76. The highest BCUT2D eigenvalue weighted by atomic mass is 19.1. The van der Waals surface area contributed by atoms with Crippen LogP contribution in [0.3, 0.4) is 0 Å². The normalized spacial score (nSPS) is 17.4. The monoisotopic (exact) mass is 494 g/mol. The van der Waals surface area contributed by atoms with Crippen molar-refractivity contribution in [3.63, 3.8) is 0 Å². The smallest absolute Gasteiger partial charge is 0.222 e. The SMILES string of the molecule is O=C(CC1(C2=CCCCC2)CCN(C(=O)CCc2ccc(F)cc2)CC1)NCCc1ccccc1F. The number of halogens is 2. The van der Waals surface area contributed by atoms with E-state index in [4.69, 9.17) is 0 Å². The number of likely N-dealkylation sites (tertiary alicyclic amines) is 1. The van der Waals surface area contributed by atoms with E-state index in [2.05, 4.69) is 11.4 Å². The lowest BCUT2D eigenvalue weighted by atomic mass is 9.67. The first-order valence-corrected chi connectivity index (χ1v) is 13.2. The molecule has 1 fully saturated rings. The molecule has 2 aromatic rings. The van der Waals surface area contributed by atoms with Gasteiger partial charge in [-0.3, -0.25) is 9.59 Å². The van der Waals surface area contributed by atoms with Gasteiger partial charge in [-0.15, -0.1) is 0 Å². The number of rotatable bonds is 9. The highest BCUT2D eigenvalue weighted by Crippen LogP contribution is 2.45. The first kappa shape index (κ1) is 26.1. The fraction of sp³-hybridized carbons (Fsp3) is 0.467. The van der Waals surface area contributed by atoms with E-state index in [9.17, 15) is 18.4 Å². The van der Waals surface area contributed by atoms with Crippen LogP contribution in [-0.2, 0) is 22.4 Å². The number of nitrogens with zero attached hydrogens (tertiary/aromatic N) is 1. The van der Waals surface area contributed by atoms with E-state index in [1.807, 2.05) is 4.90 Å². The second-order valence-electron chi connectivity index (χ2n) is 10.1. The Balaban J connectivity index is 1.32. The predicted octanol–water partition coefficient (Wildman–Crippen LogP) is 5.76. The van der Waals surface area contributed by atoms with Gasteiger partial charge in [-0.25, -0.2) is 8.78 Å². The summed E-state index contributed by atoms with van der Waals surface area (Å²) in [7, 11) is 0. The van der Waals surface area contributed by atoms with Crippen LogP contribution in [0.15, 0.2) is 60.2 Å². The Morgan fingerprint density at radius 3 is 2.39 bits per heavy atom. The van der Waals surface area contributed by atoms with Gasteiger partial charge in [-0.05, 0) is 80.7 Å². The van der Waals surface area contributed by atoms with Crippen LogP contribution in [0.4, 0.5) is 8.78 Å². The van der Waals surface area contributed by atoms with Gasteiger partial charge in [-0.2, -0.15) is 0 Å². The zero-order valence-corrected chi connectivity index (χ0v) is 20.9. The molecular formula is C30H36F2N2O2. The van der Waals surface area contributed by atoms with Crippen molar-refractivity contribution < 1.29 is 18.4 Å². The van der Waals surface area contributed by atoms with Crippen molar-refractivity contribution in [3.8, 4) is 0 Å². The maximum absolute atomic E-state index is 13.9. The van der Waals surface area contributed by atoms with Crippen molar-refractivity contribution in [1.29, 1.82) is 0 Å². The summed E-state index contributed by atoms with van der Waals surface area (Å²) in [6.45, 7) is 1.69. The Hall–Kier alpha value is -3.02. The lowest BCUT2D eigenvalue weighted by molar-refractivity contribution is -0.133. The molecule has 0 atom stereocenters. The average Bonchev–Trinajstić information content (AvgIpc) is 2.90. The van der Waals surface area contributed by atoms with Gasteiger partial charge in [0.2, 0.25) is 11.8 Å². The number of hydrogen-bond acceptors (Lipinski definition) is 2. The Labute approximate surface area is 212 Å². The second-order valence-corrected chi connectivity index (χ2v) is 10.1. The molecule has 1 heterocycles. The molecule has 6 heteroatoms. The van der Waals surface area contributed by atoms with Gasteiger partial charge < -0.3 is 10.2 Å². The van der Waals surface area contributed by atoms with Gasteiger partial charge >= 0.3 is 0 Å². The van der Waals surface area contributed by atoms with Gasteiger partial charge in [0.05, 0.1) is 0 Å². The first-order valence-electron chi connectivity index (χ1n) is 13.2. The van der Waals surface area contributed by atoms with Crippen LogP contribution in [0.25, 0.3) is 0 Å². The molecule has 1 N–H and O–H groups in total. The van der Waals surface area contributed by atoms with Gasteiger partial charge in [0.25, 0.3) is 0 Å². The van der Waals surface area contributed by atoms with Crippen molar-refractivity contribution in [2.75, 3.05) is 19.6 Å². The van der Waals surface area contributed by atoms with E-state index in [1.165, 1.54) is 30.2 Å². The number of aryl methyl sites for hydroxylation is 1. The lowest BCUT2D eigenvalue weighted by Crippen LogP contribution is -2.46. The summed E-state index contributed by atoms with van der Waals surface area (Å²) in [5.41, 5.74) is 2.72. The Bertz CT molecular complexity index is 1070. The van der Waals surface area contributed by atoms with Crippen LogP contribution in [0.2, 0.25) is 0 Å². The number of piperidine rings is 1. The molecule has 4 rings (SSSR count). The Kier molecular flexibility index (Phi) is 8.89. The standard InChI is InChI=1S/C30H36F2N2O2/c31-26-13-10-23(11-14-26)12-15-29(36)34-20-17-30(18-21-34,25-7-2-1-3-8-25)22-28(35)33-19-16-24-6-4-5-9-27(24)32/h4-7,9-11,13-14H,1-3,8,12,15-22H2,(H,33,35). The van der Waals surface area contributed by atoms with Gasteiger partial charge in [0.15, 0.2) is 0 Å². The molecule has 2 aromatic carbocycles. The van der Waals surface area contributed by atoms with Crippen molar-refractivity contribution >= 4 is 11.8 Å². The molecule has 0 spiro atoms. The zero-order valence-electron chi connectivity index (χ0n) is 20.9. The van der Waals surface area contributed by atoms with Crippen molar-refractivity contribution in [1.82, 2.24) is 10.2 Å². The number of hydrogen-bond donors (Lipinski definition) is 1. The minimum Gasteiger partial charge on any atom is -0.356 e. The molecule has 4 nitrogen and oxygen atoms in total. The first-order chi connectivity index (χ1) is 17.4. The fourth-order valence-corrected chi connectivity index (χ4v) is 5.58. The van der Waals surface area contributed by atoms with Crippen LogP contribution < -0.4 is 5.32 Å². The molecule has 36 heavy (non-hydrogen) atoms. The van der Waals surface area contributed by atoms with E-state index >= 15 is 0 Å². The van der Waals surface area contributed by atoms with Crippen LogP contribution >= 0.6 is 0 Å². The minimum absolute atomic E-state index is 0.00565. The Morgan fingerprint density at radius 2 is 1.69 bits per heavy atom. The maximum Gasteiger partial charge on any atom is 0.222 e. The number of nitrogens with one attached hydrogen (secondary N) is 1. The molecule has 0 radical (unpaired) electrons. The van der Waals surface area contributed by atoms with E-state index in [-0.39, 0.29) is 28.9 Å². The average molecular weight is 495 g/mol. The lowest BCUT2D eigenvalue weighted by Gasteiger charge is -2.44. The number of benzene rings is 2. The highest BCUT2D eigenvalue weighted by Gasteiger charge is 2.40. The van der Waals surface area contributed by atoms with Crippen molar-refractivity contribution in [2.24, 2.45) is 5.41 Å². The maximum atomic E-state index is 13.9. The van der Waals surface area contributed by atoms with E-state index in [0.717, 1.165) is 37.7 Å². The van der Waals surface area contributed by atoms with Gasteiger partial charge in [-0.1, -0.05) is 42.0 Å². The molecule has 1 saturated heterocycles. The molecule has 0 aromatic heterocycles. The van der Waals surface area contributed by atoms with Crippen LogP contribution in [0.1, 0.15) is 62.5 Å². The van der Waals surface area contributed by atoms with E-state index in [0.29, 0.717) is 50.9 Å². The van der Waals surface area contributed by atoms with Crippen LogP contribution in [-0.4, -0.2) is 36.3 Å². The number of allylic oxidation sites excluding steroid dienone is 2. The van der Waals surface area contributed by atoms with Crippen LogP contribution in [0, 0.1) is 17.0 Å².